The van der Waals surface area contributed by atoms with Crippen molar-refractivity contribution in [2.45, 2.75) is 32.7 Å². The Labute approximate surface area is 205 Å². The molecule has 0 aliphatic carbocycles. The lowest BCUT2D eigenvalue weighted by atomic mass is 9.97. The average molecular weight is 477 g/mol. The fraction of sp³-hybridized carbons (Fsp3) is 0.321. The summed E-state index contributed by atoms with van der Waals surface area (Å²) in [6.07, 6.45) is 2.39. The van der Waals surface area contributed by atoms with Gasteiger partial charge in [0.15, 0.2) is 5.58 Å². The predicted octanol–water partition coefficient (Wildman–Crippen LogP) is 7.44. The van der Waals surface area contributed by atoms with Crippen molar-refractivity contribution >= 4 is 22.7 Å². The number of likely N-dealkylation sites (tertiary alicyclic amines) is 1. The first kappa shape index (κ1) is 22.8. The number of rotatable bonds is 7. The molecule has 0 amide bonds. The zero-order valence-electron chi connectivity index (χ0n) is 19.5. The Morgan fingerprint density at radius 2 is 1.62 bits per heavy atom. The largest absolute Gasteiger partial charge is 0.493 e. The van der Waals surface area contributed by atoms with Gasteiger partial charge in [-0.1, -0.05) is 11.6 Å². The van der Waals surface area contributed by atoms with E-state index in [1.165, 1.54) is 12.8 Å². The number of fused-ring (bicyclic) bond motifs is 1. The van der Waals surface area contributed by atoms with Crippen LogP contribution in [0.3, 0.4) is 0 Å². The average Bonchev–Trinajstić information content (AvgIpc) is 3.28. The van der Waals surface area contributed by atoms with Crippen LogP contribution in [0.15, 0.2) is 71.1 Å². The van der Waals surface area contributed by atoms with Crippen molar-refractivity contribution in [3.63, 3.8) is 0 Å². The smallest absolute Gasteiger partial charge is 0.227 e. The van der Waals surface area contributed by atoms with E-state index in [2.05, 4.69) is 23.7 Å². The number of oxazole rings is 1. The number of benzene rings is 3. The Hall–Kier alpha value is -3.02. The van der Waals surface area contributed by atoms with E-state index in [4.69, 9.17) is 25.5 Å². The molecule has 1 saturated heterocycles. The summed E-state index contributed by atoms with van der Waals surface area (Å²) in [6.45, 7) is 7.63. The zero-order chi connectivity index (χ0) is 23.5. The quantitative estimate of drug-likeness (QED) is 0.277. The Balaban J connectivity index is 1.21. The molecule has 5 nitrogen and oxygen atoms in total. The summed E-state index contributed by atoms with van der Waals surface area (Å²) in [7, 11) is 0. The van der Waals surface area contributed by atoms with Gasteiger partial charge in [0, 0.05) is 22.7 Å². The maximum atomic E-state index is 6.08. The summed E-state index contributed by atoms with van der Waals surface area (Å²) in [4.78, 5) is 7.17. The van der Waals surface area contributed by atoms with Gasteiger partial charge in [0.1, 0.15) is 22.8 Å². The standard InChI is InChI=1S/C28H29ClN2O3/c1-19(2)31-15-13-20(14-16-31)18-32-23-7-3-21(4-8-23)28-30-26-12-11-25(17-27(26)34-28)33-24-9-5-22(29)6-10-24/h3-12,17,19-20H,13-16,18H2,1-2H3. The van der Waals surface area contributed by atoms with Crippen LogP contribution < -0.4 is 9.47 Å². The first-order valence-electron chi connectivity index (χ1n) is 11.8. The highest BCUT2D eigenvalue weighted by atomic mass is 35.5. The van der Waals surface area contributed by atoms with Crippen LogP contribution >= 0.6 is 11.6 Å². The second-order valence-corrected chi connectivity index (χ2v) is 9.55. The molecule has 0 unspecified atom stereocenters. The van der Waals surface area contributed by atoms with Gasteiger partial charge < -0.3 is 18.8 Å². The highest BCUT2D eigenvalue weighted by molar-refractivity contribution is 6.30. The summed E-state index contributed by atoms with van der Waals surface area (Å²) in [5.74, 6) is 3.47. The van der Waals surface area contributed by atoms with E-state index in [9.17, 15) is 0 Å². The summed E-state index contributed by atoms with van der Waals surface area (Å²) in [6, 6.07) is 21.5. The van der Waals surface area contributed by atoms with E-state index in [1.54, 1.807) is 12.1 Å². The van der Waals surface area contributed by atoms with Crippen LogP contribution in [-0.2, 0) is 0 Å². The molecule has 0 N–H and O–H groups in total. The lowest BCUT2D eigenvalue weighted by Crippen LogP contribution is -2.39. The lowest BCUT2D eigenvalue weighted by Gasteiger charge is -2.34. The number of aromatic nitrogens is 1. The van der Waals surface area contributed by atoms with Crippen molar-refractivity contribution in [2.24, 2.45) is 5.92 Å². The van der Waals surface area contributed by atoms with E-state index < -0.39 is 0 Å². The van der Waals surface area contributed by atoms with Crippen molar-refractivity contribution in [3.05, 3.63) is 71.8 Å². The van der Waals surface area contributed by atoms with Gasteiger partial charge in [-0.05, 0) is 106 Å². The van der Waals surface area contributed by atoms with Gasteiger partial charge in [-0.3, -0.25) is 0 Å². The van der Waals surface area contributed by atoms with E-state index in [-0.39, 0.29) is 0 Å². The number of piperidine rings is 1. The van der Waals surface area contributed by atoms with Crippen molar-refractivity contribution in [3.8, 4) is 28.7 Å². The second-order valence-electron chi connectivity index (χ2n) is 9.11. The van der Waals surface area contributed by atoms with Gasteiger partial charge in [0.25, 0.3) is 0 Å². The molecular weight excluding hydrogens is 448 g/mol. The molecule has 0 spiro atoms. The van der Waals surface area contributed by atoms with Crippen molar-refractivity contribution in [1.29, 1.82) is 0 Å². The van der Waals surface area contributed by atoms with Crippen LogP contribution in [0.2, 0.25) is 5.02 Å². The first-order valence-corrected chi connectivity index (χ1v) is 12.2. The third kappa shape index (κ3) is 5.37. The zero-order valence-corrected chi connectivity index (χ0v) is 20.3. The van der Waals surface area contributed by atoms with Crippen LogP contribution in [0.25, 0.3) is 22.6 Å². The molecule has 0 atom stereocenters. The molecule has 4 aromatic rings. The molecule has 6 heteroatoms. The van der Waals surface area contributed by atoms with Gasteiger partial charge in [0.2, 0.25) is 5.89 Å². The molecule has 1 fully saturated rings. The second kappa shape index (κ2) is 10.1. The third-order valence-electron chi connectivity index (χ3n) is 6.38. The molecule has 0 bridgehead atoms. The highest BCUT2D eigenvalue weighted by Gasteiger charge is 2.21. The van der Waals surface area contributed by atoms with Crippen molar-refractivity contribution in [2.75, 3.05) is 19.7 Å². The van der Waals surface area contributed by atoms with Crippen LogP contribution in [0.4, 0.5) is 0 Å². The minimum atomic E-state index is 0.575. The highest BCUT2D eigenvalue weighted by Crippen LogP contribution is 2.30. The number of ether oxygens (including phenoxy) is 2. The van der Waals surface area contributed by atoms with E-state index in [1.807, 2.05) is 54.6 Å². The fourth-order valence-corrected chi connectivity index (χ4v) is 4.40. The Morgan fingerprint density at radius 3 is 2.32 bits per heavy atom. The minimum Gasteiger partial charge on any atom is -0.493 e. The number of hydrogen-bond acceptors (Lipinski definition) is 5. The Morgan fingerprint density at radius 1 is 0.941 bits per heavy atom. The van der Waals surface area contributed by atoms with E-state index in [0.29, 0.717) is 40.0 Å². The number of halogens is 1. The molecule has 1 aromatic heterocycles. The molecule has 0 saturated carbocycles. The van der Waals surface area contributed by atoms with Gasteiger partial charge >= 0.3 is 0 Å². The summed E-state index contributed by atoms with van der Waals surface area (Å²) in [5.41, 5.74) is 2.37. The van der Waals surface area contributed by atoms with Crippen LogP contribution in [0, 0.1) is 5.92 Å². The molecule has 34 heavy (non-hydrogen) atoms. The summed E-state index contributed by atoms with van der Waals surface area (Å²) >= 11 is 5.94. The summed E-state index contributed by atoms with van der Waals surface area (Å²) < 4.78 is 18.0. The molecule has 0 radical (unpaired) electrons. The Bertz CT molecular complexity index is 1230. The third-order valence-corrected chi connectivity index (χ3v) is 6.63. The molecule has 176 valence electrons. The normalized spacial score (nSPS) is 15.2. The summed E-state index contributed by atoms with van der Waals surface area (Å²) in [5, 5.41) is 0.672. The SMILES string of the molecule is CC(C)N1CCC(COc2ccc(-c3nc4ccc(Oc5ccc(Cl)cc5)cc4o3)cc2)CC1. The van der Waals surface area contributed by atoms with Crippen LogP contribution in [-0.4, -0.2) is 35.6 Å². The maximum absolute atomic E-state index is 6.08. The molecule has 1 aliphatic rings. The molecule has 2 heterocycles. The fourth-order valence-electron chi connectivity index (χ4n) is 4.27. The van der Waals surface area contributed by atoms with Crippen LogP contribution in [0.5, 0.6) is 17.2 Å². The number of nitrogens with zero attached hydrogens (tertiary/aromatic N) is 2. The predicted molar refractivity (Wildman–Crippen MR) is 136 cm³/mol. The first-order chi connectivity index (χ1) is 16.5. The van der Waals surface area contributed by atoms with Gasteiger partial charge in [-0.2, -0.15) is 0 Å². The maximum Gasteiger partial charge on any atom is 0.227 e. The van der Waals surface area contributed by atoms with E-state index >= 15 is 0 Å². The van der Waals surface area contributed by atoms with Crippen LogP contribution in [0.1, 0.15) is 26.7 Å². The van der Waals surface area contributed by atoms with Gasteiger partial charge in [-0.15, -0.1) is 0 Å². The molecule has 3 aromatic carbocycles. The van der Waals surface area contributed by atoms with Gasteiger partial charge in [-0.25, -0.2) is 4.98 Å². The molecule has 5 rings (SSSR count). The number of hydrogen-bond donors (Lipinski definition) is 0. The van der Waals surface area contributed by atoms with Crippen molar-refractivity contribution < 1.29 is 13.9 Å². The lowest BCUT2D eigenvalue weighted by molar-refractivity contribution is 0.119. The van der Waals surface area contributed by atoms with E-state index in [0.717, 1.165) is 36.5 Å². The van der Waals surface area contributed by atoms with Crippen molar-refractivity contribution in [1.82, 2.24) is 9.88 Å². The van der Waals surface area contributed by atoms with Gasteiger partial charge in [0.05, 0.1) is 6.61 Å². The molecular formula is C28H29ClN2O3. The monoisotopic (exact) mass is 476 g/mol. The molecule has 1 aliphatic heterocycles. The minimum absolute atomic E-state index is 0.575. The Kier molecular flexibility index (Phi) is 6.75. The topological polar surface area (TPSA) is 47.7 Å².